The lowest BCUT2D eigenvalue weighted by Gasteiger charge is -2.60. The van der Waals surface area contributed by atoms with Crippen molar-refractivity contribution in [3.63, 3.8) is 0 Å². The highest BCUT2D eigenvalue weighted by Crippen LogP contribution is 2.67. The van der Waals surface area contributed by atoms with E-state index >= 15 is 0 Å². The monoisotopic (exact) mass is 404 g/mol. The van der Waals surface area contributed by atoms with Crippen LogP contribution in [0.2, 0.25) is 0 Å². The molecule has 0 radical (unpaired) electrons. The topological polar surface area (TPSA) is 63.6 Å². The molecule has 0 aromatic rings. The quantitative estimate of drug-likeness (QED) is 0.685. The average Bonchev–Trinajstić information content (AvgIpc) is 3.04. The Morgan fingerprint density at radius 2 is 1.83 bits per heavy atom. The summed E-state index contributed by atoms with van der Waals surface area (Å²) in [4.78, 5) is 25.0. The number of fused-ring (bicyclic) bond motifs is 5. The number of aliphatic hydroxyl groups is 1. The zero-order chi connectivity index (χ0) is 21.0. The average molecular weight is 405 g/mol. The number of rotatable bonds is 4. The Kier molecular flexibility index (Phi) is 5.63. The highest BCUT2D eigenvalue weighted by atomic mass is 16.5. The van der Waals surface area contributed by atoms with Gasteiger partial charge >= 0.3 is 5.97 Å². The molecule has 4 saturated carbocycles. The van der Waals surface area contributed by atoms with Crippen LogP contribution in [0.5, 0.6) is 0 Å². The SMILES string of the molecule is COC(=O)CC[C@@H](C)[C@H]1CC[C@H]2[C@@H]3C(=O)C[C@H]4C[C@H](O)CC[C@]4(C)[C@H]3CC[C@]12C. The number of ether oxygens (including phenoxy) is 1. The molecule has 0 amide bonds. The number of carbonyl (C=O) groups is 2. The molecular weight excluding hydrogens is 364 g/mol. The largest absolute Gasteiger partial charge is 0.469 e. The minimum atomic E-state index is -0.210. The Morgan fingerprint density at radius 1 is 1.14 bits per heavy atom. The maximum Gasteiger partial charge on any atom is 0.305 e. The minimum absolute atomic E-state index is 0.110. The van der Waals surface area contributed by atoms with E-state index in [1.165, 1.54) is 26.4 Å². The number of hydrogen-bond acceptors (Lipinski definition) is 4. The number of ketones is 1. The lowest BCUT2D eigenvalue weighted by Crippen LogP contribution is -2.57. The normalized spacial score (nSPS) is 47.7. The summed E-state index contributed by atoms with van der Waals surface area (Å²) in [6.07, 6.45) is 9.40. The molecule has 4 aliphatic carbocycles. The summed E-state index contributed by atoms with van der Waals surface area (Å²) in [5, 5.41) is 10.2. The zero-order valence-electron chi connectivity index (χ0n) is 18.8. The summed E-state index contributed by atoms with van der Waals surface area (Å²) in [6.45, 7) is 7.18. The van der Waals surface area contributed by atoms with Crippen LogP contribution in [0.3, 0.4) is 0 Å². The Bertz CT molecular complexity index is 659. The molecule has 4 aliphatic rings. The summed E-state index contributed by atoms with van der Waals surface area (Å²) in [6, 6.07) is 0. The molecular formula is C25H40O4. The van der Waals surface area contributed by atoms with Crippen LogP contribution in [-0.2, 0) is 14.3 Å². The van der Waals surface area contributed by atoms with Crippen LogP contribution in [0.25, 0.3) is 0 Å². The van der Waals surface area contributed by atoms with Crippen molar-refractivity contribution in [3.05, 3.63) is 0 Å². The van der Waals surface area contributed by atoms with Gasteiger partial charge in [0.2, 0.25) is 0 Å². The lowest BCUT2D eigenvalue weighted by atomic mass is 9.44. The molecule has 9 atom stereocenters. The molecule has 4 fully saturated rings. The molecule has 0 bridgehead atoms. The van der Waals surface area contributed by atoms with E-state index in [2.05, 4.69) is 20.8 Å². The molecule has 0 aliphatic heterocycles. The molecule has 0 heterocycles. The van der Waals surface area contributed by atoms with Crippen molar-refractivity contribution >= 4 is 11.8 Å². The van der Waals surface area contributed by atoms with Gasteiger partial charge in [-0.1, -0.05) is 20.8 Å². The fraction of sp³-hybridized carbons (Fsp3) is 0.920. The van der Waals surface area contributed by atoms with Crippen molar-refractivity contribution < 1.29 is 19.4 Å². The first-order chi connectivity index (χ1) is 13.7. The Hall–Kier alpha value is -0.900. The summed E-state index contributed by atoms with van der Waals surface area (Å²) in [5.74, 6) is 3.08. The van der Waals surface area contributed by atoms with Crippen molar-refractivity contribution in [2.75, 3.05) is 7.11 Å². The van der Waals surface area contributed by atoms with Crippen LogP contribution >= 0.6 is 0 Å². The summed E-state index contributed by atoms with van der Waals surface area (Å²) in [7, 11) is 1.47. The van der Waals surface area contributed by atoms with Crippen LogP contribution in [-0.4, -0.2) is 30.1 Å². The summed E-state index contributed by atoms with van der Waals surface area (Å²) in [5.41, 5.74) is 0.456. The van der Waals surface area contributed by atoms with Crippen molar-refractivity contribution in [2.45, 2.75) is 91.1 Å². The van der Waals surface area contributed by atoms with Gasteiger partial charge in [-0.25, -0.2) is 0 Å². The molecule has 4 nitrogen and oxygen atoms in total. The van der Waals surface area contributed by atoms with Crippen molar-refractivity contribution in [1.82, 2.24) is 0 Å². The fourth-order valence-electron chi connectivity index (χ4n) is 8.53. The van der Waals surface area contributed by atoms with Gasteiger partial charge in [0.15, 0.2) is 0 Å². The van der Waals surface area contributed by atoms with Gasteiger partial charge < -0.3 is 9.84 Å². The Labute approximate surface area is 176 Å². The van der Waals surface area contributed by atoms with E-state index in [0.717, 1.165) is 32.1 Å². The molecule has 4 heteroatoms. The Morgan fingerprint density at radius 3 is 2.55 bits per heavy atom. The first-order valence-corrected chi connectivity index (χ1v) is 12.0. The highest BCUT2D eigenvalue weighted by Gasteiger charge is 2.62. The molecule has 0 aromatic heterocycles. The van der Waals surface area contributed by atoms with Crippen LogP contribution in [0.4, 0.5) is 0 Å². The van der Waals surface area contributed by atoms with Gasteiger partial charge in [0.25, 0.3) is 0 Å². The third kappa shape index (κ3) is 3.38. The number of methoxy groups -OCH3 is 1. The molecule has 0 spiro atoms. The molecule has 29 heavy (non-hydrogen) atoms. The van der Waals surface area contributed by atoms with Gasteiger partial charge in [-0.15, -0.1) is 0 Å². The minimum Gasteiger partial charge on any atom is -0.469 e. The second-order valence-corrected chi connectivity index (χ2v) is 11.4. The van der Waals surface area contributed by atoms with Crippen LogP contribution in [0, 0.1) is 46.3 Å². The van der Waals surface area contributed by atoms with E-state index in [9.17, 15) is 14.7 Å². The predicted octanol–water partition coefficient (Wildman–Crippen LogP) is 4.77. The molecule has 1 N–H and O–H groups in total. The number of aliphatic hydroxyl groups excluding tert-OH is 1. The predicted molar refractivity (Wildman–Crippen MR) is 112 cm³/mol. The molecule has 164 valence electrons. The van der Waals surface area contributed by atoms with E-state index in [4.69, 9.17) is 4.74 Å². The first-order valence-electron chi connectivity index (χ1n) is 12.0. The van der Waals surface area contributed by atoms with Crippen LogP contribution in [0.1, 0.15) is 85.0 Å². The van der Waals surface area contributed by atoms with Gasteiger partial charge in [-0.2, -0.15) is 0 Å². The van der Waals surface area contributed by atoms with E-state index in [1.807, 2.05) is 0 Å². The number of Topliss-reactive ketones (excluding diaryl/α,β-unsaturated/α-hetero) is 1. The van der Waals surface area contributed by atoms with Gasteiger partial charge in [-0.05, 0) is 91.8 Å². The smallest absolute Gasteiger partial charge is 0.305 e. The Balaban J connectivity index is 1.53. The van der Waals surface area contributed by atoms with Crippen LogP contribution < -0.4 is 0 Å². The summed E-state index contributed by atoms with van der Waals surface area (Å²) >= 11 is 0. The van der Waals surface area contributed by atoms with Crippen LogP contribution in [0.15, 0.2) is 0 Å². The van der Waals surface area contributed by atoms with E-state index in [-0.39, 0.29) is 28.8 Å². The first kappa shape index (κ1) is 21.3. The molecule has 0 unspecified atom stereocenters. The lowest BCUT2D eigenvalue weighted by molar-refractivity contribution is -0.160. The van der Waals surface area contributed by atoms with Gasteiger partial charge in [0, 0.05) is 18.8 Å². The number of carbonyl (C=O) groups excluding carboxylic acids is 2. The standard InChI is InChI=1S/C25H40O4/c1-15(5-8-22(28)29-4)18-6-7-19-23-20(10-12-25(18,19)3)24(2)11-9-17(26)13-16(24)14-21(23)27/h15-20,23,26H,5-14H2,1-4H3/t15-,16-,17-,18-,19+,20+,23+,24+,25-/m1/s1. The fourth-order valence-corrected chi connectivity index (χ4v) is 8.53. The third-order valence-corrected chi connectivity index (χ3v) is 10.2. The van der Waals surface area contributed by atoms with E-state index in [1.54, 1.807) is 0 Å². The maximum absolute atomic E-state index is 13.4. The van der Waals surface area contributed by atoms with Crippen molar-refractivity contribution in [1.29, 1.82) is 0 Å². The van der Waals surface area contributed by atoms with Gasteiger partial charge in [0.1, 0.15) is 5.78 Å². The number of hydrogen-bond donors (Lipinski definition) is 1. The second-order valence-electron chi connectivity index (χ2n) is 11.4. The zero-order valence-corrected chi connectivity index (χ0v) is 18.8. The van der Waals surface area contributed by atoms with Crippen molar-refractivity contribution in [2.24, 2.45) is 46.3 Å². The number of esters is 1. The van der Waals surface area contributed by atoms with Gasteiger partial charge in [-0.3, -0.25) is 9.59 Å². The van der Waals surface area contributed by atoms with E-state index in [0.29, 0.717) is 48.2 Å². The molecule has 0 aromatic carbocycles. The maximum atomic E-state index is 13.4. The second kappa shape index (κ2) is 7.66. The van der Waals surface area contributed by atoms with E-state index < -0.39 is 0 Å². The molecule has 4 rings (SSSR count). The highest BCUT2D eigenvalue weighted by molar-refractivity contribution is 5.83. The third-order valence-electron chi connectivity index (χ3n) is 10.2. The molecule has 0 saturated heterocycles. The summed E-state index contributed by atoms with van der Waals surface area (Å²) < 4.78 is 4.85. The van der Waals surface area contributed by atoms with Crippen molar-refractivity contribution in [3.8, 4) is 0 Å². The van der Waals surface area contributed by atoms with Gasteiger partial charge in [0.05, 0.1) is 13.2 Å².